The van der Waals surface area contributed by atoms with Gasteiger partial charge in [-0.05, 0) is 50.3 Å². The first kappa shape index (κ1) is 13.8. The Bertz CT molecular complexity index is 554. The predicted molar refractivity (Wildman–Crippen MR) is 84.1 cm³/mol. The molecule has 0 bridgehead atoms. The third kappa shape index (κ3) is 3.30. The van der Waals surface area contributed by atoms with Crippen molar-refractivity contribution in [3.05, 3.63) is 40.1 Å². The Labute approximate surface area is 125 Å². The lowest BCUT2D eigenvalue weighted by Crippen LogP contribution is -2.23. The van der Waals surface area contributed by atoms with Crippen LogP contribution in [-0.2, 0) is 6.54 Å². The second kappa shape index (κ2) is 6.10. The summed E-state index contributed by atoms with van der Waals surface area (Å²) in [5.74, 6) is 0.850. The van der Waals surface area contributed by atoms with Crippen LogP contribution in [0.2, 0.25) is 0 Å². The lowest BCUT2D eigenvalue weighted by Gasteiger charge is -2.16. The molecule has 0 aromatic carbocycles. The highest BCUT2D eigenvalue weighted by atomic mass is 32.1. The number of aryl methyl sites for hydroxylation is 1. The second-order valence-corrected chi connectivity index (χ2v) is 7.05. The monoisotopic (exact) mass is 289 g/mol. The number of nitrogens with zero attached hydrogens (tertiary/aromatic N) is 2. The summed E-state index contributed by atoms with van der Waals surface area (Å²) in [5, 5.41) is 4.85. The van der Waals surface area contributed by atoms with E-state index in [0.717, 1.165) is 24.0 Å². The Hall–Kier alpha value is -1.13. The minimum atomic E-state index is 0.555. The molecular formula is C16H23N3S. The second-order valence-electron chi connectivity index (χ2n) is 5.73. The quantitative estimate of drug-likeness (QED) is 0.841. The fourth-order valence-corrected chi connectivity index (χ4v) is 3.49. The van der Waals surface area contributed by atoms with Crippen molar-refractivity contribution in [1.29, 1.82) is 0 Å². The van der Waals surface area contributed by atoms with E-state index in [0.29, 0.717) is 6.04 Å². The summed E-state index contributed by atoms with van der Waals surface area (Å²) in [6, 6.07) is 2.83. The zero-order valence-corrected chi connectivity index (χ0v) is 13.1. The smallest absolute Gasteiger partial charge is 0.0897 e. The third-order valence-corrected chi connectivity index (χ3v) is 4.75. The number of thiazole rings is 1. The van der Waals surface area contributed by atoms with Crippen molar-refractivity contribution in [3.63, 3.8) is 0 Å². The average Bonchev–Trinajstić information content (AvgIpc) is 3.03. The summed E-state index contributed by atoms with van der Waals surface area (Å²) in [7, 11) is 0. The molecule has 3 nitrogen and oxygen atoms in total. The minimum absolute atomic E-state index is 0.555. The SMILES string of the molecule is CCCNC(c1ccn(Cc2cnc(C)s2)c1)C1CC1. The van der Waals surface area contributed by atoms with Crippen LogP contribution in [0, 0.1) is 12.8 Å². The van der Waals surface area contributed by atoms with Gasteiger partial charge in [-0.3, -0.25) is 0 Å². The van der Waals surface area contributed by atoms with Gasteiger partial charge >= 0.3 is 0 Å². The number of nitrogens with one attached hydrogen (secondary N) is 1. The maximum absolute atomic E-state index is 4.33. The fourth-order valence-electron chi connectivity index (χ4n) is 2.69. The van der Waals surface area contributed by atoms with Crippen LogP contribution in [0.3, 0.4) is 0 Å². The van der Waals surface area contributed by atoms with Crippen molar-refractivity contribution in [2.24, 2.45) is 5.92 Å². The van der Waals surface area contributed by atoms with E-state index in [-0.39, 0.29) is 0 Å². The maximum atomic E-state index is 4.33. The standard InChI is InChI=1S/C16H23N3S/c1-3-7-17-16(13-4-5-13)14-6-8-19(10-14)11-15-9-18-12(2)20-15/h6,8-10,13,16-17H,3-5,7,11H2,1-2H3. The number of aromatic nitrogens is 2. The summed E-state index contributed by atoms with van der Waals surface area (Å²) >= 11 is 1.79. The molecule has 2 aromatic rings. The molecule has 1 unspecified atom stereocenters. The normalized spacial score (nSPS) is 16.5. The van der Waals surface area contributed by atoms with E-state index in [4.69, 9.17) is 0 Å². The van der Waals surface area contributed by atoms with Crippen molar-refractivity contribution >= 4 is 11.3 Å². The predicted octanol–water partition coefficient (Wildman–Crippen LogP) is 3.75. The van der Waals surface area contributed by atoms with Gasteiger partial charge in [-0.2, -0.15) is 0 Å². The van der Waals surface area contributed by atoms with Crippen molar-refractivity contribution in [3.8, 4) is 0 Å². The molecule has 0 spiro atoms. The van der Waals surface area contributed by atoms with Gasteiger partial charge in [0, 0.05) is 29.5 Å². The Morgan fingerprint density at radius 2 is 2.35 bits per heavy atom. The van der Waals surface area contributed by atoms with Crippen LogP contribution in [0.1, 0.15) is 47.7 Å². The van der Waals surface area contributed by atoms with Crippen LogP contribution in [0.4, 0.5) is 0 Å². The lowest BCUT2D eigenvalue weighted by atomic mass is 10.1. The lowest BCUT2D eigenvalue weighted by molar-refractivity contribution is 0.480. The highest BCUT2D eigenvalue weighted by molar-refractivity contribution is 7.11. The molecule has 20 heavy (non-hydrogen) atoms. The highest BCUT2D eigenvalue weighted by Crippen LogP contribution is 2.41. The van der Waals surface area contributed by atoms with Crippen LogP contribution in [0.15, 0.2) is 24.7 Å². The summed E-state index contributed by atoms with van der Waals surface area (Å²) in [6.45, 7) is 6.35. The molecule has 0 saturated heterocycles. The zero-order chi connectivity index (χ0) is 13.9. The van der Waals surface area contributed by atoms with E-state index in [1.165, 1.54) is 29.7 Å². The minimum Gasteiger partial charge on any atom is -0.349 e. The molecule has 1 N–H and O–H groups in total. The van der Waals surface area contributed by atoms with E-state index in [1.54, 1.807) is 11.3 Å². The van der Waals surface area contributed by atoms with Gasteiger partial charge in [0.15, 0.2) is 0 Å². The molecular weight excluding hydrogens is 266 g/mol. The summed E-state index contributed by atoms with van der Waals surface area (Å²) in [5.41, 5.74) is 1.45. The summed E-state index contributed by atoms with van der Waals surface area (Å²) in [4.78, 5) is 5.65. The molecule has 0 amide bonds. The van der Waals surface area contributed by atoms with Crippen LogP contribution < -0.4 is 5.32 Å². The molecule has 1 atom stereocenters. The molecule has 1 saturated carbocycles. The van der Waals surface area contributed by atoms with Crippen LogP contribution in [-0.4, -0.2) is 16.1 Å². The molecule has 4 heteroatoms. The first-order valence-corrected chi connectivity index (χ1v) is 8.38. The highest BCUT2D eigenvalue weighted by Gasteiger charge is 2.32. The average molecular weight is 289 g/mol. The van der Waals surface area contributed by atoms with Crippen LogP contribution >= 0.6 is 11.3 Å². The number of rotatable bonds is 7. The van der Waals surface area contributed by atoms with Crippen molar-refractivity contribution in [2.45, 2.75) is 45.7 Å². The molecule has 0 radical (unpaired) electrons. The Morgan fingerprint density at radius 3 is 3.00 bits per heavy atom. The molecule has 1 aliphatic carbocycles. The Balaban J connectivity index is 1.68. The van der Waals surface area contributed by atoms with Gasteiger partial charge in [0.2, 0.25) is 0 Å². The number of hydrogen-bond acceptors (Lipinski definition) is 3. The van der Waals surface area contributed by atoms with Gasteiger partial charge < -0.3 is 9.88 Å². The fraction of sp³-hybridized carbons (Fsp3) is 0.562. The summed E-state index contributed by atoms with van der Waals surface area (Å²) < 4.78 is 2.28. The van der Waals surface area contributed by atoms with E-state index in [9.17, 15) is 0 Å². The Morgan fingerprint density at radius 1 is 1.50 bits per heavy atom. The van der Waals surface area contributed by atoms with Gasteiger partial charge in [0.05, 0.1) is 11.6 Å². The summed E-state index contributed by atoms with van der Waals surface area (Å²) in [6.07, 6.45) is 10.5. The first-order chi connectivity index (χ1) is 9.76. The third-order valence-electron chi connectivity index (χ3n) is 3.85. The molecule has 2 aromatic heterocycles. The van der Waals surface area contributed by atoms with E-state index in [2.05, 4.69) is 47.2 Å². The molecule has 3 rings (SSSR count). The van der Waals surface area contributed by atoms with Crippen LogP contribution in [0.5, 0.6) is 0 Å². The van der Waals surface area contributed by atoms with E-state index in [1.807, 2.05) is 6.20 Å². The van der Waals surface area contributed by atoms with Gasteiger partial charge in [-0.1, -0.05) is 6.92 Å². The van der Waals surface area contributed by atoms with Crippen molar-refractivity contribution in [2.75, 3.05) is 6.54 Å². The molecule has 2 heterocycles. The molecule has 1 fully saturated rings. The Kier molecular flexibility index (Phi) is 4.22. The zero-order valence-electron chi connectivity index (χ0n) is 12.3. The van der Waals surface area contributed by atoms with Crippen molar-refractivity contribution in [1.82, 2.24) is 14.9 Å². The van der Waals surface area contributed by atoms with Gasteiger partial charge in [0.25, 0.3) is 0 Å². The van der Waals surface area contributed by atoms with Gasteiger partial charge in [0.1, 0.15) is 0 Å². The molecule has 1 aliphatic rings. The topological polar surface area (TPSA) is 29.9 Å². The molecule has 108 valence electrons. The van der Waals surface area contributed by atoms with Gasteiger partial charge in [-0.15, -0.1) is 11.3 Å². The van der Waals surface area contributed by atoms with E-state index < -0.39 is 0 Å². The van der Waals surface area contributed by atoms with Gasteiger partial charge in [-0.25, -0.2) is 4.98 Å². The number of hydrogen-bond donors (Lipinski definition) is 1. The maximum Gasteiger partial charge on any atom is 0.0897 e. The van der Waals surface area contributed by atoms with Crippen LogP contribution in [0.25, 0.3) is 0 Å². The largest absolute Gasteiger partial charge is 0.349 e. The first-order valence-electron chi connectivity index (χ1n) is 7.56. The van der Waals surface area contributed by atoms with Crippen molar-refractivity contribution < 1.29 is 0 Å². The van der Waals surface area contributed by atoms with E-state index >= 15 is 0 Å². The molecule has 0 aliphatic heterocycles.